The summed E-state index contributed by atoms with van der Waals surface area (Å²) in [7, 11) is 1.36. The molecule has 0 saturated heterocycles. The number of alkyl carbamates (subject to hydrolysis) is 1. The number of methoxy groups -OCH3 is 1. The molecule has 32 heavy (non-hydrogen) atoms. The number of nitrogens with one attached hydrogen (secondary N) is 2. The first-order chi connectivity index (χ1) is 15.5. The lowest BCUT2D eigenvalue weighted by Crippen LogP contribution is -2.53. The standard InChI is InChI=1S/C24H24N2O6/c1-3-8-20(23(28)29)25-22(27)21(14-31-2)26-24(30)32-13-19-17-11-6-4-9-15(17)16-10-5-7-12-18(16)19/h1,4-7,9-12,19-21H,8,13-14H2,2H3,(H,25,27)(H,26,30)(H,28,29). The minimum absolute atomic E-state index is 0.0794. The Bertz CT molecular complexity index is 999. The van der Waals surface area contributed by atoms with E-state index in [1.54, 1.807) is 0 Å². The average Bonchev–Trinajstić information content (AvgIpc) is 3.10. The summed E-state index contributed by atoms with van der Waals surface area (Å²) in [5.41, 5.74) is 4.32. The van der Waals surface area contributed by atoms with Gasteiger partial charge in [0.15, 0.2) is 0 Å². The maximum absolute atomic E-state index is 12.5. The molecule has 0 saturated carbocycles. The van der Waals surface area contributed by atoms with Crippen molar-refractivity contribution in [1.82, 2.24) is 10.6 Å². The predicted octanol–water partition coefficient (Wildman–Crippen LogP) is 2.13. The molecule has 0 aliphatic heterocycles. The van der Waals surface area contributed by atoms with Gasteiger partial charge in [0.1, 0.15) is 18.7 Å². The summed E-state index contributed by atoms with van der Waals surface area (Å²) in [4.78, 5) is 36.1. The van der Waals surface area contributed by atoms with Crippen LogP contribution >= 0.6 is 0 Å². The molecule has 2 unspecified atom stereocenters. The van der Waals surface area contributed by atoms with Gasteiger partial charge in [-0.05, 0) is 22.3 Å². The molecule has 8 heteroatoms. The van der Waals surface area contributed by atoms with E-state index in [4.69, 9.17) is 21.0 Å². The zero-order chi connectivity index (χ0) is 23.1. The van der Waals surface area contributed by atoms with Crippen LogP contribution in [0.1, 0.15) is 23.5 Å². The monoisotopic (exact) mass is 436 g/mol. The molecule has 0 bridgehead atoms. The van der Waals surface area contributed by atoms with E-state index in [0.29, 0.717) is 0 Å². The molecule has 8 nitrogen and oxygen atoms in total. The van der Waals surface area contributed by atoms with Crippen molar-refractivity contribution in [3.8, 4) is 23.5 Å². The van der Waals surface area contributed by atoms with E-state index < -0.39 is 30.1 Å². The zero-order valence-electron chi connectivity index (χ0n) is 17.5. The van der Waals surface area contributed by atoms with Crippen LogP contribution in [-0.2, 0) is 19.1 Å². The molecule has 2 aromatic carbocycles. The Morgan fingerprint density at radius 1 is 1.03 bits per heavy atom. The van der Waals surface area contributed by atoms with E-state index in [0.717, 1.165) is 22.3 Å². The van der Waals surface area contributed by atoms with E-state index in [9.17, 15) is 14.4 Å². The molecule has 1 aliphatic carbocycles. The van der Waals surface area contributed by atoms with Crippen LogP contribution in [0.25, 0.3) is 11.1 Å². The van der Waals surface area contributed by atoms with Crippen molar-refractivity contribution in [1.29, 1.82) is 0 Å². The van der Waals surface area contributed by atoms with Crippen LogP contribution in [0.15, 0.2) is 48.5 Å². The van der Waals surface area contributed by atoms with Crippen molar-refractivity contribution in [2.45, 2.75) is 24.4 Å². The van der Waals surface area contributed by atoms with E-state index in [1.165, 1.54) is 7.11 Å². The van der Waals surface area contributed by atoms with Crippen LogP contribution in [-0.4, -0.2) is 55.5 Å². The molecule has 166 valence electrons. The van der Waals surface area contributed by atoms with Crippen LogP contribution in [0.5, 0.6) is 0 Å². The lowest BCUT2D eigenvalue weighted by atomic mass is 9.98. The number of aliphatic carboxylic acids is 1. The first-order valence-electron chi connectivity index (χ1n) is 10.0. The normalized spacial score (nSPS) is 13.8. The number of rotatable bonds is 9. The maximum atomic E-state index is 12.5. The number of benzene rings is 2. The van der Waals surface area contributed by atoms with Crippen LogP contribution in [0.3, 0.4) is 0 Å². The van der Waals surface area contributed by atoms with Crippen LogP contribution < -0.4 is 10.6 Å². The van der Waals surface area contributed by atoms with Crippen molar-refractivity contribution in [2.75, 3.05) is 20.3 Å². The number of fused-ring (bicyclic) bond motifs is 3. The second-order valence-electron chi connectivity index (χ2n) is 7.29. The smallest absolute Gasteiger partial charge is 0.407 e. The van der Waals surface area contributed by atoms with Gasteiger partial charge < -0.3 is 25.2 Å². The van der Waals surface area contributed by atoms with Crippen molar-refractivity contribution in [2.24, 2.45) is 0 Å². The number of carboxylic acids is 1. The number of hydrogen-bond donors (Lipinski definition) is 3. The summed E-state index contributed by atoms with van der Waals surface area (Å²) >= 11 is 0. The molecule has 0 spiro atoms. The Hall–Kier alpha value is -3.83. The number of carbonyl (C=O) groups excluding carboxylic acids is 2. The summed E-state index contributed by atoms with van der Waals surface area (Å²) in [6.07, 6.45) is 4.15. The van der Waals surface area contributed by atoms with Gasteiger partial charge in [0.2, 0.25) is 5.91 Å². The first-order valence-corrected chi connectivity index (χ1v) is 10.0. The fraction of sp³-hybridized carbons (Fsp3) is 0.292. The molecule has 0 radical (unpaired) electrons. The molecule has 1 aliphatic rings. The molecule has 0 fully saturated rings. The molecule has 3 rings (SSSR count). The third kappa shape index (κ3) is 5.07. The number of carboxylic acid groups (broad SMARTS) is 1. The molecule has 0 aromatic heterocycles. The number of ether oxygens (including phenoxy) is 2. The van der Waals surface area contributed by atoms with E-state index in [-0.39, 0.29) is 25.6 Å². The highest BCUT2D eigenvalue weighted by molar-refractivity contribution is 5.89. The van der Waals surface area contributed by atoms with Gasteiger partial charge in [-0.3, -0.25) is 4.79 Å². The molecule has 2 aromatic rings. The van der Waals surface area contributed by atoms with Crippen molar-refractivity contribution in [3.63, 3.8) is 0 Å². The summed E-state index contributed by atoms with van der Waals surface area (Å²) in [5, 5.41) is 13.9. The summed E-state index contributed by atoms with van der Waals surface area (Å²) in [5.74, 6) is 0.0623. The Morgan fingerprint density at radius 3 is 2.16 bits per heavy atom. The van der Waals surface area contributed by atoms with Gasteiger partial charge in [0.25, 0.3) is 0 Å². The van der Waals surface area contributed by atoms with Crippen LogP contribution in [0.2, 0.25) is 0 Å². The molecule has 0 heterocycles. The van der Waals surface area contributed by atoms with E-state index in [2.05, 4.69) is 16.6 Å². The third-order valence-corrected chi connectivity index (χ3v) is 5.22. The minimum atomic E-state index is -1.27. The highest BCUT2D eigenvalue weighted by Gasteiger charge is 2.30. The Morgan fingerprint density at radius 2 is 1.62 bits per heavy atom. The number of amides is 2. The van der Waals surface area contributed by atoms with Crippen LogP contribution in [0, 0.1) is 12.3 Å². The average molecular weight is 436 g/mol. The van der Waals surface area contributed by atoms with E-state index in [1.807, 2.05) is 48.5 Å². The van der Waals surface area contributed by atoms with Gasteiger partial charge in [-0.25, -0.2) is 9.59 Å². The van der Waals surface area contributed by atoms with Crippen molar-refractivity contribution < 1.29 is 29.0 Å². The Labute approximate surface area is 185 Å². The fourth-order valence-electron chi connectivity index (χ4n) is 3.72. The summed E-state index contributed by atoms with van der Waals surface area (Å²) < 4.78 is 10.4. The van der Waals surface area contributed by atoms with Gasteiger partial charge in [0.05, 0.1) is 6.61 Å². The second kappa shape index (κ2) is 10.5. The van der Waals surface area contributed by atoms with Gasteiger partial charge in [-0.1, -0.05) is 48.5 Å². The number of hydrogen-bond acceptors (Lipinski definition) is 5. The highest BCUT2D eigenvalue weighted by atomic mass is 16.5. The lowest BCUT2D eigenvalue weighted by Gasteiger charge is -2.21. The number of carbonyl (C=O) groups is 3. The van der Waals surface area contributed by atoms with Crippen molar-refractivity contribution >= 4 is 18.0 Å². The fourth-order valence-corrected chi connectivity index (χ4v) is 3.72. The van der Waals surface area contributed by atoms with Crippen molar-refractivity contribution in [3.05, 3.63) is 59.7 Å². The van der Waals surface area contributed by atoms with Gasteiger partial charge >= 0.3 is 12.1 Å². The van der Waals surface area contributed by atoms with Gasteiger partial charge in [0, 0.05) is 19.4 Å². The molecule has 2 atom stereocenters. The SMILES string of the molecule is C#CCC(NC(=O)C(COC)NC(=O)OCC1c2ccccc2-c2ccccc21)C(=O)O. The Balaban J connectivity index is 1.64. The highest BCUT2D eigenvalue weighted by Crippen LogP contribution is 2.44. The quantitative estimate of drug-likeness (QED) is 0.519. The first kappa shape index (κ1) is 22.8. The summed E-state index contributed by atoms with van der Waals surface area (Å²) in [6, 6.07) is 13.4. The van der Waals surface area contributed by atoms with Gasteiger partial charge in [-0.2, -0.15) is 0 Å². The predicted molar refractivity (Wildman–Crippen MR) is 117 cm³/mol. The third-order valence-electron chi connectivity index (χ3n) is 5.22. The molecule has 2 amide bonds. The number of terminal acetylenes is 1. The van der Waals surface area contributed by atoms with E-state index >= 15 is 0 Å². The minimum Gasteiger partial charge on any atom is -0.480 e. The maximum Gasteiger partial charge on any atom is 0.407 e. The lowest BCUT2D eigenvalue weighted by molar-refractivity contribution is -0.142. The molecular formula is C24H24N2O6. The zero-order valence-corrected chi connectivity index (χ0v) is 17.5. The van der Waals surface area contributed by atoms with Crippen LogP contribution in [0.4, 0.5) is 4.79 Å². The molecular weight excluding hydrogens is 412 g/mol. The largest absolute Gasteiger partial charge is 0.480 e. The summed E-state index contributed by atoms with van der Waals surface area (Å²) in [6.45, 7) is -0.0888. The Kier molecular flexibility index (Phi) is 7.47. The van der Waals surface area contributed by atoms with Gasteiger partial charge in [-0.15, -0.1) is 12.3 Å². The topological polar surface area (TPSA) is 114 Å². The molecule has 3 N–H and O–H groups in total. The second-order valence-corrected chi connectivity index (χ2v) is 7.29.